The average molecular weight is 332 g/mol. The van der Waals surface area contributed by atoms with Gasteiger partial charge in [0.15, 0.2) is 0 Å². The zero-order valence-electron chi connectivity index (χ0n) is 12.9. The van der Waals surface area contributed by atoms with Crippen LogP contribution in [0.5, 0.6) is 0 Å². The lowest BCUT2D eigenvalue weighted by molar-refractivity contribution is -0.207. The highest BCUT2D eigenvalue weighted by molar-refractivity contribution is 5.91. The molecule has 1 aromatic rings. The Morgan fingerprint density at radius 3 is 2.22 bits per heavy atom. The molecular weight excluding hydrogens is 313 g/mol. The number of hydrogen-bond donors (Lipinski definition) is 2. The van der Waals surface area contributed by atoms with Crippen molar-refractivity contribution in [3.63, 3.8) is 0 Å². The number of ether oxygens (including phenoxy) is 1. The van der Waals surface area contributed by atoms with E-state index in [0.717, 1.165) is 0 Å². The lowest BCUT2D eigenvalue weighted by atomic mass is 10.1. The van der Waals surface area contributed by atoms with Gasteiger partial charge in [0.1, 0.15) is 0 Å². The SMILES string of the molecule is CCCC(=O)NC(Nc1ccccc1)(C(=O)OCC)C(F)(F)F. The van der Waals surface area contributed by atoms with E-state index in [4.69, 9.17) is 0 Å². The number of benzene rings is 1. The van der Waals surface area contributed by atoms with Crippen molar-refractivity contribution in [2.45, 2.75) is 38.5 Å². The second-order valence-corrected chi connectivity index (χ2v) is 4.76. The Kier molecular flexibility index (Phi) is 6.41. The molecule has 0 heterocycles. The Balaban J connectivity index is 3.28. The topological polar surface area (TPSA) is 67.4 Å². The van der Waals surface area contributed by atoms with Crippen LogP contribution in [0.15, 0.2) is 30.3 Å². The quantitative estimate of drug-likeness (QED) is 0.595. The lowest BCUT2D eigenvalue weighted by Crippen LogP contribution is -2.69. The third kappa shape index (κ3) is 4.61. The van der Waals surface area contributed by atoms with Gasteiger partial charge in [0, 0.05) is 12.1 Å². The fourth-order valence-electron chi connectivity index (χ4n) is 1.87. The molecule has 128 valence electrons. The van der Waals surface area contributed by atoms with Crippen molar-refractivity contribution < 1.29 is 27.5 Å². The summed E-state index contributed by atoms with van der Waals surface area (Å²) >= 11 is 0. The highest BCUT2D eigenvalue weighted by Crippen LogP contribution is 2.33. The fraction of sp³-hybridized carbons (Fsp3) is 0.467. The van der Waals surface area contributed by atoms with Crippen LogP contribution < -0.4 is 10.6 Å². The van der Waals surface area contributed by atoms with Gasteiger partial charge in [-0.15, -0.1) is 0 Å². The van der Waals surface area contributed by atoms with Crippen LogP contribution in [0.25, 0.3) is 0 Å². The molecular formula is C15H19F3N2O3. The van der Waals surface area contributed by atoms with Gasteiger partial charge in [-0.05, 0) is 25.5 Å². The number of anilines is 1. The van der Waals surface area contributed by atoms with Crippen molar-refractivity contribution in [1.29, 1.82) is 0 Å². The van der Waals surface area contributed by atoms with E-state index in [-0.39, 0.29) is 18.7 Å². The van der Waals surface area contributed by atoms with E-state index < -0.39 is 23.7 Å². The van der Waals surface area contributed by atoms with Crippen LogP contribution in [0.2, 0.25) is 0 Å². The maximum Gasteiger partial charge on any atom is 0.441 e. The van der Waals surface area contributed by atoms with Gasteiger partial charge in [-0.3, -0.25) is 4.79 Å². The summed E-state index contributed by atoms with van der Waals surface area (Å²) in [5.74, 6) is -2.51. The lowest BCUT2D eigenvalue weighted by Gasteiger charge is -2.35. The number of amides is 1. The number of nitrogens with one attached hydrogen (secondary N) is 2. The molecule has 0 radical (unpaired) electrons. The van der Waals surface area contributed by atoms with Gasteiger partial charge in [0.2, 0.25) is 5.91 Å². The molecule has 0 aliphatic heterocycles. The van der Waals surface area contributed by atoms with Crippen molar-refractivity contribution in [2.24, 2.45) is 0 Å². The number of carbonyl (C=O) groups is 2. The number of alkyl halides is 3. The molecule has 0 aliphatic rings. The summed E-state index contributed by atoms with van der Waals surface area (Å²) < 4.78 is 45.5. The fourth-order valence-corrected chi connectivity index (χ4v) is 1.87. The predicted octanol–water partition coefficient (Wildman–Crippen LogP) is 2.84. The van der Waals surface area contributed by atoms with Gasteiger partial charge < -0.3 is 15.4 Å². The maximum atomic E-state index is 13.7. The Morgan fingerprint density at radius 2 is 1.74 bits per heavy atom. The minimum absolute atomic E-state index is 0.0228. The number of esters is 1. The molecule has 23 heavy (non-hydrogen) atoms. The summed E-state index contributed by atoms with van der Waals surface area (Å²) in [5, 5.41) is 3.83. The van der Waals surface area contributed by atoms with E-state index in [1.54, 1.807) is 18.3 Å². The van der Waals surface area contributed by atoms with E-state index in [1.165, 1.54) is 31.2 Å². The van der Waals surface area contributed by atoms with E-state index in [0.29, 0.717) is 6.42 Å². The average Bonchev–Trinajstić information content (AvgIpc) is 2.46. The molecule has 1 rings (SSSR count). The summed E-state index contributed by atoms with van der Waals surface area (Å²) in [4.78, 5) is 23.8. The molecule has 1 aromatic carbocycles. The molecule has 2 N–H and O–H groups in total. The Bertz CT molecular complexity index is 535. The first kappa shape index (κ1) is 18.8. The maximum absolute atomic E-state index is 13.7. The molecule has 5 nitrogen and oxygen atoms in total. The molecule has 8 heteroatoms. The molecule has 0 saturated heterocycles. The van der Waals surface area contributed by atoms with Crippen LogP contribution in [0.4, 0.5) is 18.9 Å². The predicted molar refractivity (Wildman–Crippen MR) is 78.5 cm³/mol. The van der Waals surface area contributed by atoms with Gasteiger partial charge in [-0.2, -0.15) is 13.2 Å². The largest absolute Gasteiger partial charge is 0.463 e. The monoisotopic (exact) mass is 332 g/mol. The molecule has 1 atom stereocenters. The summed E-state index contributed by atoms with van der Waals surface area (Å²) in [7, 11) is 0. The number of para-hydroxylation sites is 1. The van der Waals surface area contributed by atoms with Crippen LogP contribution >= 0.6 is 0 Å². The van der Waals surface area contributed by atoms with E-state index in [2.05, 4.69) is 10.1 Å². The standard InChI is InChI=1S/C15H19F3N2O3/c1-3-8-12(21)20-14(15(16,17)18,13(22)23-4-2)19-11-9-6-5-7-10-11/h5-7,9-10,19H,3-4,8H2,1-2H3,(H,20,21). The second kappa shape index (κ2) is 7.85. The van der Waals surface area contributed by atoms with Crippen molar-refractivity contribution in [1.82, 2.24) is 5.32 Å². The van der Waals surface area contributed by atoms with Gasteiger partial charge >= 0.3 is 17.8 Å². The third-order valence-electron chi connectivity index (χ3n) is 2.92. The number of rotatable bonds is 7. The molecule has 0 spiro atoms. The van der Waals surface area contributed by atoms with Crippen molar-refractivity contribution in [3.8, 4) is 0 Å². The zero-order chi connectivity index (χ0) is 17.5. The van der Waals surface area contributed by atoms with Crippen LogP contribution in [0.3, 0.4) is 0 Å². The molecule has 0 fully saturated rings. The molecule has 0 saturated carbocycles. The van der Waals surface area contributed by atoms with Gasteiger partial charge in [-0.25, -0.2) is 4.79 Å². The number of carbonyl (C=O) groups excluding carboxylic acids is 2. The normalized spacial score (nSPS) is 13.8. The van der Waals surface area contributed by atoms with Gasteiger partial charge in [0.05, 0.1) is 6.61 Å². The van der Waals surface area contributed by atoms with Gasteiger partial charge in [0.25, 0.3) is 0 Å². The Morgan fingerprint density at radius 1 is 1.13 bits per heavy atom. The first-order valence-electron chi connectivity index (χ1n) is 7.15. The second-order valence-electron chi connectivity index (χ2n) is 4.76. The molecule has 1 unspecified atom stereocenters. The number of hydrogen-bond acceptors (Lipinski definition) is 4. The Hall–Kier alpha value is -2.25. The van der Waals surface area contributed by atoms with E-state index in [1.807, 2.05) is 0 Å². The highest BCUT2D eigenvalue weighted by atomic mass is 19.4. The molecule has 0 aliphatic carbocycles. The number of halogens is 3. The van der Waals surface area contributed by atoms with Crippen LogP contribution in [-0.2, 0) is 14.3 Å². The summed E-state index contributed by atoms with van der Waals surface area (Å²) in [6.07, 6.45) is -4.90. The summed E-state index contributed by atoms with van der Waals surface area (Å²) in [5.41, 5.74) is -3.31. The van der Waals surface area contributed by atoms with Crippen molar-refractivity contribution in [2.75, 3.05) is 11.9 Å². The molecule has 0 bridgehead atoms. The van der Waals surface area contributed by atoms with Gasteiger partial charge in [-0.1, -0.05) is 25.1 Å². The molecule has 0 aromatic heterocycles. The van der Waals surface area contributed by atoms with Crippen LogP contribution in [-0.4, -0.2) is 30.3 Å². The van der Waals surface area contributed by atoms with E-state index >= 15 is 0 Å². The zero-order valence-corrected chi connectivity index (χ0v) is 12.9. The first-order valence-corrected chi connectivity index (χ1v) is 7.15. The minimum Gasteiger partial charge on any atom is -0.463 e. The Labute approximate surface area is 132 Å². The van der Waals surface area contributed by atoms with Crippen LogP contribution in [0, 0.1) is 0 Å². The highest BCUT2D eigenvalue weighted by Gasteiger charge is 2.63. The first-order chi connectivity index (χ1) is 10.8. The van der Waals surface area contributed by atoms with Crippen LogP contribution in [0.1, 0.15) is 26.7 Å². The molecule has 1 amide bonds. The summed E-state index contributed by atoms with van der Waals surface area (Å²) in [6, 6.07) is 7.32. The smallest absolute Gasteiger partial charge is 0.441 e. The third-order valence-corrected chi connectivity index (χ3v) is 2.92. The van der Waals surface area contributed by atoms with Crippen molar-refractivity contribution >= 4 is 17.6 Å². The van der Waals surface area contributed by atoms with E-state index in [9.17, 15) is 22.8 Å². The van der Waals surface area contributed by atoms with Crippen molar-refractivity contribution in [3.05, 3.63) is 30.3 Å². The summed E-state index contributed by atoms with van der Waals surface area (Å²) in [6.45, 7) is 2.77. The minimum atomic E-state index is -5.10.